The highest BCUT2D eigenvalue weighted by Gasteiger charge is 2.36. The lowest BCUT2D eigenvalue weighted by atomic mass is 10.1. The summed E-state index contributed by atoms with van der Waals surface area (Å²) < 4.78 is 10.6. The van der Waals surface area contributed by atoms with Crippen LogP contribution in [0.3, 0.4) is 0 Å². The Balaban J connectivity index is 1.51. The molecule has 0 bridgehead atoms. The lowest BCUT2D eigenvalue weighted by molar-refractivity contribution is -0.151. The first-order valence-electron chi connectivity index (χ1n) is 9.81. The van der Waals surface area contributed by atoms with E-state index in [0.717, 1.165) is 12.2 Å². The number of nitrogens with one attached hydrogen (secondary N) is 1. The Morgan fingerprint density at radius 1 is 1.13 bits per heavy atom. The van der Waals surface area contributed by atoms with E-state index in [9.17, 15) is 14.4 Å². The van der Waals surface area contributed by atoms with Gasteiger partial charge in [-0.25, -0.2) is 0 Å². The molecular weight excluding hydrogens is 443 g/mol. The summed E-state index contributed by atoms with van der Waals surface area (Å²) in [6.45, 7) is 2.36. The van der Waals surface area contributed by atoms with Gasteiger partial charge in [-0.3, -0.25) is 14.4 Å². The number of anilines is 2. The van der Waals surface area contributed by atoms with Crippen LogP contribution in [0.4, 0.5) is 11.4 Å². The van der Waals surface area contributed by atoms with Gasteiger partial charge in [-0.1, -0.05) is 30.1 Å². The summed E-state index contributed by atoms with van der Waals surface area (Å²) >= 11 is 11.8. The molecule has 1 aliphatic rings. The average Bonchev–Trinajstić information content (AvgIpc) is 3.12. The monoisotopic (exact) mass is 464 g/mol. The fourth-order valence-electron chi connectivity index (χ4n) is 3.13. The van der Waals surface area contributed by atoms with E-state index in [2.05, 4.69) is 5.32 Å². The van der Waals surface area contributed by atoms with Crippen LogP contribution in [0.1, 0.15) is 19.8 Å². The van der Waals surface area contributed by atoms with Crippen molar-refractivity contribution in [2.75, 3.05) is 30.0 Å². The molecule has 2 aromatic rings. The maximum atomic E-state index is 12.4. The molecule has 2 aromatic carbocycles. The molecule has 1 heterocycles. The predicted octanol–water partition coefficient (Wildman–Crippen LogP) is 4.32. The number of hydrogen-bond donors (Lipinski definition) is 1. The molecule has 0 radical (unpaired) electrons. The number of benzene rings is 2. The number of carbonyl (C=O) groups is 3. The lowest BCUT2D eigenvalue weighted by Gasteiger charge is -2.17. The zero-order valence-electron chi connectivity index (χ0n) is 16.9. The van der Waals surface area contributed by atoms with Gasteiger partial charge in [0.1, 0.15) is 5.75 Å². The van der Waals surface area contributed by atoms with Crippen molar-refractivity contribution in [2.24, 2.45) is 5.92 Å². The molecule has 0 aromatic heterocycles. The SMILES string of the molecule is CCCOc1ccc(N2C[C@H](C(=O)OCC(=O)Nc3cc(Cl)cc(Cl)c3)CC2=O)cc1. The zero-order valence-corrected chi connectivity index (χ0v) is 18.4. The number of ether oxygens (including phenoxy) is 2. The van der Waals surface area contributed by atoms with Gasteiger partial charge in [-0.15, -0.1) is 0 Å². The van der Waals surface area contributed by atoms with Gasteiger partial charge in [-0.05, 0) is 48.9 Å². The van der Waals surface area contributed by atoms with Crippen molar-refractivity contribution in [3.8, 4) is 5.75 Å². The molecule has 1 atom stereocenters. The van der Waals surface area contributed by atoms with Crippen LogP contribution < -0.4 is 15.0 Å². The summed E-state index contributed by atoms with van der Waals surface area (Å²) in [5, 5.41) is 3.30. The highest BCUT2D eigenvalue weighted by Crippen LogP contribution is 2.28. The third kappa shape index (κ3) is 6.35. The minimum absolute atomic E-state index is 0.0262. The Morgan fingerprint density at radius 3 is 2.45 bits per heavy atom. The molecule has 2 amide bonds. The van der Waals surface area contributed by atoms with Gasteiger partial charge >= 0.3 is 5.97 Å². The smallest absolute Gasteiger partial charge is 0.311 e. The Kier molecular flexibility index (Phi) is 7.76. The van der Waals surface area contributed by atoms with E-state index in [4.69, 9.17) is 32.7 Å². The highest BCUT2D eigenvalue weighted by molar-refractivity contribution is 6.35. The quantitative estimate of drug-likeness (QED) is 0.588. The van der Waals surface area contributed by atoms with E-state index in [1.165, 1.54) is 23.1 Å². The first kappa shape index (κ1) is 22.9. The fraction of sp³-hybridized carbons (Fsp3) is 0.318. The first-order chi connectivity index (χ1) is 14.9. The molecule has 31 heavy (non-hydrogen) atoms. The Bertz CT molecular complexity index is 945. The molecule has 3 rings (SSSR count). The topological polar surface area (TPSA) is 84.9 Å². The summed E-state index contributed by atoms with van der Waals surface area (Å²) in [5.41, 5.74) is 1.08. The van der Waals surface area contributed by atoms with Crippen molar-refractivity contribution in [1.29, 1.82) is 0 Å². The molecule has 0 saturated carbocycles. The third-order valence-corrected chi connectivity index (χ3v) is 5.01. The third-order valence-electron chi connectivity index (χ3n) is 4.57. The van der Waals surface area contributed by atoms with Crippen LogP contribution in [0.5, 0.6) is 5.75 Å². The van der Waals surface area contributed by atoms with Crippen LogP contribution in [-0.4, -0.2) is 37.5 Å². The van der Waals surface area contributed by atoms with E-state index in [-0.39, 0.29) is 18.9 Å². The van der Waals surface area contributed by atoms with Gasteiger partial charge in [-0.2, -0.15) is 0 Å². The van der Waals surface area contributed by atoms with Crippen LogP contribution in [-0.2, 0) is 19.1 Å². The van der Waals surface area contributed by atoms with E-state index in [0.29, 0.717) is 28.0 Å². The second kappa shape index (κ2) is 10.5. The molecule has 0 aliphatic carbocycles. The number of halogens is 2. The molecule has 0 unspecified atom stereocenters. The standard InChI is InChI=1S/C22H22Cl2N2O5/c1-2-7-30-19-5-3-18(4-6-19)26-12-14(8-21(26)28)22(29)31-13-20(27)25-17-10-15(23)9-16(24)11-17/h3-6,9-11,14H,2,7-8,12-13H2,1H3,(H,25,27)/t14-/m1/s1. The van der Waals surface area contributed by atoms with Crippen molar-refractivity contribution in [2.45, 2.75) is 19.8 Å². The van der Waals surface area contributed by atoms with Crippen molar-refractivity contribution in [3.05, 3.63) is 52.5 Å². The second-order valence-electron chi connectivity index (χ2n) is 7.06. The second-order valence-corrected chi connectivity index (χ2v) is 7.93. The van der Waals surface area contributed by atoms with Crippen LogP contribution in [0.25, 0.3) is 0 Å². The fourth-order valence-corrected chi connectivity index (χ4v) is 3.66. The maximum Gasteiger partial charge on any atom is 0.311 e. The maximum absolute atomic E-state index is 12.4. The van der Waals surface area contributed by atoms with Crippen LogP contribution >= 0.6 is 23.2 Å². The molecule has 1 fully saturated rings. The van der Waals surface area contributed by atoms with Gasteiger partial charge in [0.25, 0.3) is 5.91 Å². The van der Waals surface area contributed by atoms with Crippen molar-refractivity contribution < 1.29 is 23.9 Å². The number of hydrogen-bond acceptors (Lipinski definition) is 5. The molecule has 1 aliphatic heterocycles. The largest absolute Gasteiger partial charge is 0.494 e. The number of rotatable bonds is 8. The summed E-state index contributed by atoms with van der Waals surface area (Å²) in [6.07, 6.45) is 0.930. The summed E-state index contributed by atoms with van der Waals surface area (Å²) in [4.78, 5) is 38.3. The molecule has 1 N–H and O–H groups in total. The van der Waals surface area contributed by atoms with Gasteiger partial charge < -0.3 is 19.7 Å². The van der Waals surface area contributed by atoms with Gasteiger partial charge in [0.15, 0.2) is 6.61 Å². The number of nitrogens with zero attached hydrogens (tertiary/aromatic N) is 1. The number of esters is 1. The van der Waals surface area contributed by atoms with E-state index in [1.807, 2.05) is 6.92 Å². The predicted molar refractivity (Wildman–Crippen MR) is 119 cm³/mol. The van der Waals surface area contributed by atoms with Gasteiger partial charge in [0.2, 0.25) is 5.91 Å². The number of carbonyl (C=O) groups excluding carboxylic acids is 3. The van der Waals surface area contributed by atoms with E-state index < -0.39 is 24.4 Å². The molecular formula is C22H22Cl2N2O5. The van der Waals surface area contributed by atoms with Gasteiger partial charge in [0, 0.05) is 34.4 Å². The Hall–Kier alpha value is -2.77. The minimum atomic E-state index is -0.642. The first-order valence-corrected chi connectivity index (χ1v) is 10.6. The normalized spacial score (nSPS) is 15.6. The van der Waals surface area contributed by atoms with Crippen LogP contribution in [0.15, 0.2) is 42.5 Å². The minimum Gasteiger partial charge on any atom is -0.494 e. The molecule has 9 heteroatoms. The Morgan fingerprint density at radius 2 is 1.81 bits per heavy atom. The molecule has 1 saturated heterocycles. The Labute approximate surface area is 190 Å². The van der Waals surface area contributed by atoms with Gasteiger partial charge in [0.05, 0.1) is 12.5 Å². The molecule has 164 valence electrons. The van der Waals surface area contributed by atoms with Crippen molar-refractivity contribution in [3.63, 3.8) is 0 Å². The van der Waals surface area contributed by atoms with E-state index in [1.54, 1.807) is 24.3 Å². The summed E-state index contributed by atoms with van der Waals surface area (Å²) in [7, 11) is 0. The van der Waals surface area contributed by atoms with Crippen LogP contribution in [0.2, 0.25) is 10.0 Å². The number of amides is 2. The van der Waals surface area contributed by atoms with Crippen LogP contribution in [0, 0.1) is 5.92 Å². The lowest BCUT2D eigenvalue weighted by Crippen LogP contribution is -2.28. The zero-order chi connectivity index (χ0) is 22.4. The molecule has 0 spiro atoms. The van der Waals surface area contributed by atoms with Crippen molar-refractivity contribution in [1.82, 2.24) is 0 Å². The van der Waals surface area contributed by atoms with Crippen molar-refractivity contribution >= 4 is 52.4 Å². The summed E-state index contributed by atoms with van der Waals surface area (Å²) in [6, 6.07) is 11.7. The van der Waals surface area contributed by atoms with E-state index >= 15 is 0 Å². The summed E-state index contributed by atoms with van der Waals surface area (Å²) in [5.74, 6) is -1.23. The highest BCUT2D eigenvalue weighted by atomic mass is 35.5. The molecule has 7 nitrogen and oxygen atoms in total. The average molecular weight is 465 g/mol.